The molecule has 2 aromatic rings. The summed E-state index contributed by atoms with van der Waals surface area (Å²) in [5.41, 5.74) is 9.00. The summed E-state index contributed by atoms with van der Waals surface area (Å²) in [6.07, 6.45) is 3.09. The molecule has 4 rings (SSSR count). The molecule has 0 unspecified atom stereocenters. The number of nitrogens with zero attached hydrogens (tertiary/aromatic N) is 2. The second-order valence-corrected chi connectivity index (χ2v) is 7.56. The van der Waals surface area contributed by atoms with Crippen molar-refractivity contribution < 1.29 is 9.59 Å². The zero-order valence-electron chi connectivity index (χ0n) is 15.4. The molecule has 1 saturated heterocycles. The molecular formula is C22H25N3O2. The van der Waals surface area contributed by atoms with E-state index in [1.54, 1.807) is 12.1 Å². The minimum Gasteiger partial charge on any atom is -0.399 e. The number of hydrogen-bond donors (Lipinski definition) is 1. The highest BCUT2D eigenvalue weighted by molar-refractivity contribution is 6.21. The van der Waals surface area contributed by atoms with Gasteiger partial charge in [0.25, 0.3) is 11.8 Å². The molecule has 2 N–H and O–H groups in total. The summed E-state index contributed by atoms with van der Waals surface area (Å²) < 4.78 is 0. The number of rotatable bonds is 5. The first-order valence-corrected chi connectivity index (χ1v) is 9.64. The average molecular weight is 363 g/mol. The van der Waals surface area contributed by atoms with Crippen LogP contribution in [0.15, 0.2) is 48.5 Å². The molecule has 2 aliphatic heterocycles. The number of piperidine rings is 1. The lowest BCUT2D eigenvalue weighted by Crippen LogP contribution is -2.36. The molecule has 140 valence electrons. The number of nitrogen functional groups attached to an aromatic ring is 1. The fourth-order valence-corrected chi connectivity index (χ4v) is 4.14. The number of hydrogen-bond acceptors (Lipinski definition) is 4. The van der Waals surface area contributed by atoms with Gasteiger partial charge in [-0.15, -0.1) is 0 Å². The van der Waals surface area contributed by atoms with Gasteiger partial charge in [-0.3, -0.25) is 19.4 Å². The van der Waals surface area contributed by atoms with Crippen molar-refractivity contribution in [2.24, 2.45) is 5.92 Å². The molecule has 5 heteroatoms. The highest BCUT2D eigenvalue weighted by atomic mass is 16.2. The van der Waals surface area contributed by atoms with E-state index in [9.17, 15) is 9.59 Å². The lowest BCUT2D eigenvalue weighted by Gasteiger charge is -2.32. The lowest BCUT2D eigenvalue weighted by molar-refractivity contribution is 0.0636. The fourth-order valence-electron chi connectivity index (χ4n) is 4.14. The van der Waals surface area contributed by atoms with Gasteiger partial charge in [-0.05, 0) is 68.1 Å². The Morgan fingerprint density at radius 3 is 2.22 bits per heavy atom. The second-order valence-electron chi connectivity index (χ2n) is 7.56. The van der Waals surface area contributed by atoms with E-state index in [0.29, 0.717) is 23.6 Å². The minimum atomic E-state index is -0.144. The Labute approximate surface area is 159 Å². The maximum Gasteiger partial charge on any atom is 0.261 e. The first kappa shape index (κ1) is 17.7. The van der Waals surface area contributed by atoms with Crippen LogP contribution in [0.2, 0.25) is 0 Å². The van der Waals surface area contributed by atoms with Crippen LogP contribution in [0.3, 0.4) is 0 Å². The molecule has 0 aromatic heterocycles. The number of benzene rings is 2. The first-order valence-electron chi connectivity index (χ1n) is 9.64. The van der Waals surface area contributed by atoms with E-state index in [1.165, 1.54) is 10.5 Å². The molecule has 5 nitrogen and oxygen atoms in total. The average Bonchev–Trinajstić information content (AvgIpc) is 2.92. The van der Waals surface area contributed by atoms with Crippen LogP contribution in [0.5, 0.6) is 0 Å². The van der Waals surface area contributed by atoms with Crippen LogP contribution in [0.1, 0.15) is 45.5 Å². The first-order chi connectivity index (χ1) is 13.1. The van der Waals surface area contributed by atoms with Gasteiger partial charge >= 0.3 is 0 Å². The monoisotopic (exact) mass is 363 g/mol. The van der Waals surface area contributed by atoms with Crippen LogP contribution in [-0.2, 0) is 6.54 Å². The van der Waals surface area contributed by atoms with Gasteiger partial charge in [-0.25, -0.2) is 0 Å². The maximum absolute atomic E-state index is 12.4. The molecule has 27 heavy (non-hydrogen) atoms. The molecule has 0 aliphatic carbocycles. The van der Waals surface area contributed by atoms with Gasteiger partial charge in [-0.1, -0.05) is 24.3 Å². The van der Waals surface area contributed by atoms with Crippen LogP contribution >= 0.6 is 0 Å². The largest absolute Gasteiger partial charge is 0.399 e. The molecule has 0 spiro atoms. The molecule has 0 saturated carbocycles. The fraction of sp³-hybridized carbons (Fsp3) is 0.364. The van der Waals surface area contributed by atoms with E-state index in [4.69, 9.17) is 5.73 Å². The van der Waals surface area contributed by atoms with Gasteiger partial charge in [0, 0.05) is 18.8 Å². The molecule has 2 aromatic carbocycles. The van der Waals surface area contributed by atoms with E-state index in [1.807, 2.05) is 30.3 Å². The van der Waals surface area contributed by atoms with Gasteiger partial charge in [0.05, 0.1) is 11.1 Å². The Bertz CT molecular complexity index is 821. The molecule has 1 fully saturated rings. The highest BCUT2D eigenvalue weighted by Gasteiger charge is 2.35. The standard InChI is InChI=1S/C22H25N3O2/c23-18-5-3-4-17(14-18)15-24-11-8-16(9-12-24)10-13-25-21(26)19-6-1-2-7-20(19)22(25)27/h1-7,14,16H,8-13,15,23H2. The summed E-state index contributed by atoms with van der Waals surface area (Å²) in [6.45, 7) is 3.53. The Morgan fingerprint density at radius 2 is 1.59 bits per heavy atom. The van der Waals surface area contributed by atoms with Gasteiger partial charge in [0.2, 0.25) is 0 Å². The van der Waals surface area contributed by atoms with Crippen molar-refractivity contribution in [3.63, 3.8) is 0 Å². The Hall–Kier alpha value is -2.66. The van der Waals surface area contributed by atoms with Crippen molar-refractivity contribution in [3.05, 3.63) is 65.2 Å². The van der Waals surface area contributed by atoms with E-state index in [2.05, 4.69) is 11.0 Å². The molecule has 0 atom stereocenters. The summed E-state index contributed by atoms with van der Waals surface area (Å²) in [5, 5.41) is 0. The van der Waals surface area contributed by atoms with E-state index >= 15 is 0 Å². The maximum atomic E-state index is 12.4. The van der Waals surface area contributed by atoms with E-state index in [0.717, 1.165) is 44.6 Å². The molecule has 2 heterocycles. The molecule has 2 amide bonds. The van der Waals surface area contributed by atoms with Crippen LogP contribution < -0.4 is 5.73 Å². The van der Waals surface area contributed by atoms with Crippen molar-refractivity contribution in [1.82, 2.24) is 9.80 Å². The third-order valence-electron chi connectivity index (χ3n) is 5.70. The van der Waals surface area contributed by atoms with Crippen molar-refractivity contribution in [2.75, 3.05) is 25.4 Å². The predicted molar refractivity (Wildman–Crippen MR) is 105 cm³/mol. The van der Waals surface area contributed by atoms with Crippen molar-refractivity contribution in [1.29, 1.82) is 0 Å². The van der Waals surface area contributed by atoms with Gasteiger partial charge in [-0.2, -0.15) is 0 Å². The number of fused-ring (bicyclic) bond motifs is 1. The van der Waals surface area contributed by atoms with Crippen molar-refractivity contribution in [2.45, 2.75) is 25.8 Å². The predicted octanol–water partition coefficient (Wildman–Crippen LogP) is 3.17. The summed E-state index contributed by atoms with van der Waals surface area (Å²) in [4.78, 5) is 28.8. The summed E-state index contributed by atoms with van der Waals surface area (Å²) in [5.74, 6) is 0.274. The molecule has 0 bridgehead atoms. The van der Waals surface area contributed by atoms with Crippen LogP contribution in [0, 0.1) is 5.92 Å². The third kappa shape index (κ3) is 3.74. The Kier molecular flexibility index (Phi) is 4.94. The number of amides is 2. The summed E-state index contributed by atoms with van der Waals surface area (Å²) in [6, 6.07) is 15.2. The van der Waals surface area contributed by atoms with E-state index < -0.39 is 0 Å². The summed E-state index contributed by atoms with van der Waals surface area (Å²) >= 11 is 0. The normalized spacial score (nSPS) is 18.1. The number of carbonyl (C=O) groups is 2. The van der Waals surface area contributed by atoms with Crippen molar-refractivity contribution >= 4 is 17.5 Å². The minimum absolute atomic E-state index is 0.144. The topological polar surface area (TPSA) is 66.6 Å². The SMILES string of the molecule is Nc1cccc(CN2CCC(CCN3C(=O)c4ccccc4C3=O)CC2)c1. The Morgan fingerprint density at radius 1 is 0.926 bits per heavy atom. The van der Waals surface area contributed by atoms with Crippen LogP contribution in [0.25, 0.3) is 0 Å². The second kappa shape index (κ2) is 7.53. The van der Waals surface area contributed by atoms with Gasteiger partial charge in [0.1, 0.15) is 0 Å². The van der Waals surface area contributed by atoms with E-state index in [-0.39, 0.29) is 11.8 Å². The van der Waals surface area contributed by atoms with Crippen molar-refractivity contribution in [3.8, 4) is 0 Å². The van der Waals surface area contributed by atoms with Gasteiger partial charge in [0.15, 0.2) is 0 Å². The number of likely N-dealkylation sites (tertiary alicyclic amines) is 1. The zero-order chi connectivity index (χ0) is 18.8. The number of anilines is 1. The summed E-state index contributed by atoms with van der Waals surface area (Å²) in [7, 11) is 0. The van der Waals surface area contributed by atoms with Gasteiger partial charge < -0.3 is 5.73 Å². The zero-order valence-corrected chi connectivity index (χ0v) is 15.4. The number of imide groups is 1. The molecule has 2 aliphatic rings. The molecular weight excluding hydrogens is 338 g/mol. The smallest absolute Gasteiger partial charge is 0.261 e. The third-order valence-corrected chi connectivity index (χ3v) is 5.70. The van der Waals surface area contributed by atoms with Crippen LogP contribution in [-0.4, -0.2) is 41.2 Å². The van der Waals surface area contributed by atoms with Crippen LogP contribution in [0.4, 0.5) is 5.69 Å². The highest BCUT2D eigenvalue weighted by Crippen LogP contribution is 2.26. The Balaban J connectivity index is 1.27. The number of nitrogens with two attached hydrogens (primary N) is 1. The lowest BCUT2D eigenvalue weighted by atomic mass is 9.93. The molecule has 0 radical (unpaired) electrons. The number of carbonyl (C=O) groups excluding carboxylic acids is 2. The quantitative estimate of drug-likeness (QED) is 0.654.